The van der Waals surface area contributed by atoms with E-state index in [1.54, 1.807) is 19.3 Å². The molecule has 110 valence electrons. The van der Waals surface area contributed by atoms with Crippen LogP contribution < -0.4 is 0 Å². The first-order chi connectivity index (χ1) is 9.54. The number of aromatic nitrogens is 1. The number of ketones is 1. The van der Waals surface area contributed by atoms with Crippen LogP contribution in [0.1, 0.15) is 39.2 Å². The molecular formula is C16H23NO3. The van der Waals surface area contributed by atoms with Crippen LogP contribution in [-0.4, -0.2) is 23.3 Å². The van der Waals surface area contributed by atoms with Crippen LogP contribution in [-0.2, 0) is 20.7 Å². The Hall–Kier alpha value is -1.71. The van der Waals surface area contributed by atoms with Gasteiger partial charge in [-0.1, -0.05) is 13.8 Å². The Morgan fingerprint density at radius 2 is 1.90 bits per heavy atom. The first-order valence-electron chi connectivity index (χ1n) is 7.12. The van der Waals surface area contributed by atoms with Crippen molar-refractivity contribution in [2.75, 3.05) is 6.61 Å². The molecule has 0 radical (unpaired) electrons. The largest absolute Gasteiger partial charge is 0.465 e. The van der Waals surface area contributed by atoms with E-state index >= 15 is 0 Å². The van der Waals surface area contributed by atoms with Crippen molar-refractivity contribution >= 4 is 11.8 Å². The van der Waals surface area contributed by atoms with E-state index in [9.17, 15) is 9.59 Å². The van der Waals surface area contributed by atoms with E-state index in [1.165, 1.54) is 0 Å². The van der Waals surface area contributed by atoms with Gasteiger partial charge in [0.15, 0.2) is 0 Å². The molecule has 1 aromatic rings. The lowest BCUT2D eigenvalue weighted by atomic mass is 9.91. The highest BCUT2D eigenvalue weighted by atomic mass is 16.5. The molecule has 0 aliphatic heterocycles. The first kappa shape index (κ1) is 16.3. The fraction of sp³-hybridized carbons (Fsp3) is 0.562. The van der Waals surface area contributed by atoms with E-state index in [1.807, 2.05) is 26.0 Å². The molecule has 0 bridgehead atoms. The summed E-state index contributed by atoms with van der Waals surface area (Å²) in [5, 5.41) is 0. The standard InChI is InChI=1S/C16H23NO3/c1-4-20-16(19)14(15(18)11-12(2)3)6-5-13-7-9-17-10-8-13/h7-10,12,14H,4-6,11H2,1-3H3. The maximum absolute atomic E-state index is 12.2. The second-order valence-electron chi connectivity index (χ2n) is 5.26. The topological polar surface area (TPSA) is 56.3 Å². The monoisotopic (exact) mass is 277 g/mol. The van der Waals surface area contributed by atoms with Gasteiger partial charge >= 0.3 is 5.97 Å². The normalized spacial score (nSPS) is 12.2. The van der Waals surface area contributed by atoms with Gasteiger partial charge in [0, 0.05) is 18.8 Å². The van der Waals surface area contributed by atoms with E-state index in [0.717, 1.165) is 5.56 Å². The van der Waals surface area contributed by atoms with E-state index in [2.05, 4.69) is 4.98 Å². The van der Waals surface area contributed by atoms with Crippen LogP contribution in [0.5, 0.6) is 0 Å². The SMILES string of the molecule is CCOC(=O)C(CCc1ccncc1)C(=O)CC(C)C. The molecule has 1 heterocycles. The lowest BCUT2D eigenvalue weighted by molar-refractivity contribution is -0.152. The van der Waals surface area contributed by atoms with Crippen molar-refractivity contribution in [1.82, 2.24) is 4.98 Å². The van der Waals surface area contributed by atoms with Crippen LogP contribution in [0.25, 0.3) is 0 Å². The summed E-state index contributed by atoms with van der Waals surface area (Å²) in [6.07, 6.45) is 5.01. The Bertz CT molecular complexity index is 429. The predicted octanol–water partition coefficient (Wildman–Crippen LogP) is 2.81. The summed E-state index contributed by atoms with van der Waals surface area (Å²) < 4.78 is 5.02. The fourth-order valence-electron chi connectivity index (χ4n) is 2.06. The van der Waals surface area contributed by atoms with Crippen molar-refractivity contribution in [3.63, 3.8) is 0 Å². The Labute approximate surface area is 120 Å². The van der Waals surface area contributed by atoms with Gasteiger partial charge in [-0.2, -0.15) is 0 Å². The summed E-state index contributed by atoms with van der Waals surface area (Å²) in [6, 6.07) is 3.80. The Kier molecular flexibility index (Phi) is 6.91. The zero-order valence-electron chi connectivity index (χ0n) is 12.5. The molecule has 0 saturated carbocycles. The molecule has 0 fully saturated rings. The van der Waals surface area contributed by atoms with Gasteiger partial charge < -0.3 is 4.74 Å². The molecule has 0 amide bonds. The first-order valence-corrected chi connectivity index (χ1v) is 7.12. The summed E-state index contributed by atoms with van der Waals surface area (Å²) in [5.74, 6) is -0.814. The third-order valence-corrected chi connectivity index (χ3v) is 3.04. The quantitative estimate of drug-likeness (QED) is 0.541. The van der Waals surface area contributed by atoms with E-state index in [-0.39, 0.29) is 11.7 Å². The van der Waals surface area contributed by atoms with Gasteiger partial charge in [0.1, 0.15) is 11.7 Å². The molecule has 4 heteroatoms. The van der Waals surface area contributed by atoms with Crippen LogP contribution in [0.4, 0.5) is 0 Å². The summed E-state index contributed by atoms with van der Waals surface area (Å²) in [6.45, 7) is 6.01. The molecule has 1 aromatic heterocycles. The zero-order chi connectivity index (χ0) is 15.0. The Morgan fingerprint density at radius 1 is 1.25 bits per heavy atom. The Morgan fingerprint density at radius 3 is 2.45 bits per heavy atom. The summed E-state index contributed by atoms with van der Waals surface area (Å²) in [5.41, 5.74) is 1.08. The average molecular weight is 277 g/mol. The highest BCUT2D eigenvalue weighted by molar-refractivity contribution is 5.99. The highest BCUT2D eigenvalue weighted by Gasteiger charge is 2.27. The minimum atomic E-state index is -0.648. The van der Waals surface area contributed by atoms with Crippen LogP contribution in [0.15, 0.2) is 24.5 Å². The van der Waals surface area contributed by atoms with Crippen molar-refractivity contribution in [3.8, 4) is 0 Å². The summed E-state index contributed by atoms with van der Waals surface area (Å²) >= 11 is 0. The molecule has 0 spiro atoms. The number of carbonyl (C=O) groups is 2. The van der Waals surface area contributed by atoms with E-state index in [4.69, 9.17) is 4.74 Å². The van der Waals surface area contributed by atoms with E-state index < -0.39 is 11.9 Å². The van der Waals surface area contributed by atoms with Gasteiger partial charge in [0.05, 0.1) is 6.61 Å². The third kappa shape index (κ3) is 5.51. The molecule has 20 heavy (non-hydrogen) atoms. The minimum absolute atomic E-state index is 0.0208. The molecule has 4 nitrogen and oxygen atoms in total. The highest BCUT2D eigenvalue weighted by Crippen LogP contribution is 2.16. The molecule has 0 aliphatic carbocycles. The number of rotatable bonds is 8. The predicted molar refractivity (Wildman–Crippen MR) is 77.1 cm³/mol. The van der Waals surface area contributed by atoms with Gasteiger partial charge in [-0.3, -0.25) is 14.6 Å². The number of nitrogens with zero attached hydrogens (tertiary/aromatic N) is 1. The number of carbonyl (C=O) groups excluding carboxylic acids is 2. The smallest absolute Gasteiger partial charge is 0.316 e. The minimum Gasteiger partial charge on any atom is -0.465 e. The van der Waals surface area contributed by atoms with Crippen LogP contribution in [0.3, 0.4) is 0 Å². The molecule has 0 aliphatic rings. The molecule has 1 unspecified atom stereocenters. The number of pyridine rings is 1. The summed E-state index contributed by atoms with van der Waals surface area (Å²) in [4.78, 5) is 28.1. The fourth-order valence-corrected chi connectivity index (χ4v) is 2.06. The zero-order valence-corrected chi connectivity index (χ0v) is 12.5. The van der Waals surface area contributed by atoms with Crippen LogP contribution in [0, 0.1) is 11.8 Å². The molecule has 1 atom stereocenters. The molecule has 1 rings (SSSR count). The number of aryl methyl sites for hydroxylation is 1. The van der Waals surface area contributed by atoms with Gasteiger partial charge in [0.25, 0.3) is 0 Å². The van der Waals surface area contributed by atoms with Gasteiger partial charge in [-0.15, -0.1) is 0 Å². The number of esters is 1. The lowest BCUT2D eigenvalue weighted by Gasteiger charge is -2.15. The molecule has 0 saturated heterocycles. The van der Waals surface area contributed by atoms with Gasteiger partial charge in [-0.05, 0) is 43.4 Å². The van der Waals surface area contributed by atoms with E-state index in [0.29, 0.717) is 25.9 Å². The van der Waals surface area contributed by atoms with Crippen LogP contribution in [0.2, 0.25) is 0 Å². The second-order valence-corrected chi connectivity index (χ2v) is 5.26. The number of ether oxygens (including phenoxy) is 1. The van der Waals surface area contributed by atoms with Crippen LogP contribution >= 0.6 is 0 Å². The molecule has 0 N–H and O–H groups in total. The van der Waals surface area contributed by atoms with Gasteiger partial charge in [0.2, 0.25) is 0 Å². The van der Waals surface area contributed by atoms with Crippen molar-refractivity contribution < 1.29 is 14.3 Å². The second kappa shape index (κ2) is 8.46. The lowest BCUT2D eigenvalue weighted by Crippen LogP contribution is -2.27. The number of hydrogen-bond donors (Lipinski definition) is 0. The van der Waals surface area contributed by atoms with Crippen molar-refractivity contribution in [3.05, 3.63) is 30.1 Å². The molecular weight excluding hydrogens is 254 g/mol. The maximum Gasteiger partial charge on any atom is 0.316 e. The maximum atomic E-state index is 12.2. The average Bonchev–Trinajstić information content (AvgIpc) is 2.39. The van der Waals surface area contributed by atoms with Gasteiger partial charge in [-0.25, -0.2) is 0 Å². The molecule has 0 aromatic carbocycles. The number of hydrogen-bond acceptors (Lipinski definition) is 4. The number of Topliss-reactive ketones (excluding diaryl/α,β-unsaturated/α-hetero) is 1. The van der Waals surface area contributed by atoms with Crippen molar-refractivity contribution in [1.29, 1.82) is 0 Å². The Balaban J connectivity index is 2.67. The summed E-state index contributed by atoms with van der Waals surface area (Å²) in [7, 11) is 0. The van der Waals surface area contributed by atoms with Crippen molar-refractivity contribution in [2.24, 2.45) is 11.8 Å². The third-order valence-electron chi connectivity index (χ3n) is 3.04. The van der Waals surface area contributed by atoms with Crippen molar-refractivity contribution in [2.45, 2.75) is 40.0 Å².